The average molecular weight is 141 g/mol. The summed E-state index contributed by atoms with van der Waals surface area (Å²) in [4.78, 5) is 11.1. The van der Waals surface area contributed by atoms with Crippen molar-refractivity contribution < 1.29 is 9.53 Å². The van der Waals surface area contributed by atoms with Gasteiger partial charge in [0, 0.05) is 0 Å². The molecule has 0 N–H and O–H groups in total. The Morgan fingerprint density at radius 2 is 2.30 bits per heavy atom. The predicted octanol–water partition coefficient (Wildman–Crippen LogP) is 1.55. The Morgan fingerprint density at radius 3 is 2.60 bits per heavy atom. The first kappa shape index (κ1) is 7.58. The molecule has 1 aliphatic carbocycles. The van der Waals surface area contributed by atoms with Crippen LogP contribution < -0.4 is 0 Å². The van der Waals surface area contributed by atoms with Gasteiger partial charge in [0.1, 0.15) is 0 Å². The van der Waals surface area contributed by atoms with Crippen LogP contribution in [0.5, 0.6) is 0 Å². The Bertz CT molecular complexity index is 136. The second kappa shape index (κ2) is 2.60. The summed E-state index contributed by atoms with van der Waals surface area (Å²) in [6, 6.07) is 0. The lowest BCUT2D eigenvalue weighted by Gasteiger charge is -2.09. The minimum absolute atomic E-state index is 0.0440. The number of hydrogen-bond acceptors (Lipinski definition) is 2. The van der Waals surface area contributed by atoms with Gasteiger partial charge in [0.15, 0.2) is 0 Å². The van der Waals surface area contributed by atoms with Crippen LogP contribution in [0.2, 0.25) is 0 Å². The van der Waals surface area contributed by atoms with E-state index in [2.05, 4.69) is 0 Å². The topological polar surface area (TPSA) is 26.3 Å². The molecule has 0 amide bonds. The van der Waals surface area contributed by atoms with Crippen LogP contribution in [0.3, 0.4) is 0 Å². The van der Waals surface area contributed by atoms with Crippen LogP contribution >= 0.6 is 0 Å². The fourth-order valence-corrected chi connectivity index (χ4v) is 1.02. The maximum absolute atomic E-state index is 11.1. The summed E-state index contributed by atoms with van der Waals surface area (Å²) in [5.74, 6) is -0.0440. The molecule has 1 radical (unpaired) electrons. The number of carbonyl (C=O) groups is 1. The molecule has 1 aliphatic rings. The van der Waals surface area contributed by atoms with Gasteiger partial charge in [-0.3, -0.25) is 4.79 Å². The molecule has 0 aromatic heterocycles. The van der Waals surface area contributed by atoms with Crippen molar-refractivity contribution in [2.45, 2.75) is 26.7 Å². The SMILES string of the molecule is C[CH]C1(C(=O)OCC)CC1. The molecule has 1 rings (SSSR count). The van der Waals surface area contributed by atoms with E-state index in [0.29, 0.717) is 6.61 Å². The molecule has 0 saturated heterocycles. The Balaban J connectivity index is 2.40. The molecule has 0 atom stereocenters. The van der Waals surface area contributed by atoms with Crippen LogP contribution in [-0.2, 0) is 9.53 Å². The highest BCUT2D eigenvalue weighted by Crippen LogP contribution is 2.48. The molecular weight excluding hydrogens is 128 g/mol. The maximum atomic E-state index is 11.1. The minimum atomic E-state index is -0.185. The zero-order valence-electron chi connectivity index (χ0n) is 6.52. The summed E-state index contributed by atoms with van der Waals surface area (Å²) in [6.45, 7) is 4.25. The molecule has 0 unspecified atom stereocenters. The van der Waals surface area contributed by atoms with E-state index in [4.69, 9.17) is 4.74 Å². The quantitative estimate of drug-likeness (QED) is 0.557. The third-order valence-electron chi connectivity index (χ3n) is 2.02. The minimum Gasteiger partial charge on any atom is -0.466 e. The van der Waals surface area contributed by atoms with Crippen molar-refractivity contribution in [3.63, 3.8) is 0 Å². The highest BCUT2D eigenvalue weighted by molar-refractivity contribution is 5.81. The van der Waals surface area contributed by atoms with E-state index in [1.807, 2.05) is 20.3 Å². The maximum Gasteiger partial charge on any atom is 0.312 e. The highest BCUT2D eigenvalue weighted by atomic mass is 16.5. The van der Waals surface area contributed by atoms with Crippen LogP contribution in [0.4, 0.5) is 0 Å². The Kier molecular flexibility index (Phi) is 1.97. The first-order valence-corrected chi connectivity index (χ1v) is 3.73. The number of esters is 1. The van der Waals surface area contributed by atoms with Crippen LogP contribution in [0.25, 0.3) is 0 Å². The summed E-state index contributed by atoms with van der Waals surface area (Å²) in [6.07, 6.45) is 3.90. The standard InChI is InChI=1S/C8H13O2/c1-3-8(5-6-8)7(9)10-4-2/h3H,4-6H2,1-2H3. The van der Waals surface area contributed by atoms with Gasteiger partial charge in [-0.15, -0.1) is 0 Å². The molecule has 0 aliphatic heterocycles. The molecular formula is C8H13O2. The molecule has 1 saturated carbocycles. The van der Waals surface area contributed by atoms with E-state index in [1.54, 1.807) is 0 Å². The summed E-state index contributed by atoms with van der Waals surface area (Å²) >= 11 is 0. The van der Waals surface area contributed by atoms with E-state index in [0.717, 1.165) is 12.8 Å². The summed E-state index contributed by atoms with van der Waals surface area (Å²) in [7, 11) is 0. The number of hydrogen-bond donors (Lipinski definition) is 0. The van der Waals surface area contributed by atoms with Gasteiger partial charge < -0.3 is 4.74 Å². The van der Waals surface area contributed by atoms with Gasteiger partial charge in [-0.1, -0.05) is 6.92 Å². The van der Waals surface area contributed by atoms with Crippen molar-refractivity contribution in [1.82, 2.24) is 0 Å². The van der Waals surface area contributed by atoms with Crippen LogP contribution in [-0.4, -0.2) is 12.6 Å². The van der Waals surface area contributed by atoms with Crippen molar-refractivity contribution in [1.29, 1.82) is 0 Å². The first-order valence-electron chi connectivity index (χ1n) is 3.73. The van der Waals surface area contributed by atoms with Crippen LogP contribution in [0.15, 0.2) is 0 Å². The molecule has 0 spiro atoms. The van der Waals surface area contributed by atoms with Crippen molar-refractivity contribution in [3.8, 4) is 0 Å². The van der Waals surface area contributed by atoms with Gasteiger partial charge in [0.25, 0.3) is 0 Å². The lowest BCUT2D eigenvalue weighted by molar-refractivity contribution is -0.148. The van der Waals surface area contributed by atoms with E-state index in [-0.39, 0.29) is 11.4 Å². The van der Waals surface area contributed by atoms with Gasteiger partial charge in [-0.25, -0.2) is 0 Å². The number of ether oxygens (including phenoxy) is 1. The van der Waals surface area contributed by atoms with Gasteiger partial charge in [0.05, 0.1) is 12.0 Å². The molecule has 2 heteroatoms. The first-order chi connectivity index (χ1) is 4.75. The smallest absolute Gasteiger partial charge is 0.312 e. The molecule has 0 aromatic carbocycles. The molecule has 0 aromatic rings. The average Bonchev–Trinajstić information content (AvgIpc) is 2.68. The lowest BCUT2D eigenvalue weighted by atomic mass is 10.1. The third-order valence-corrected chi connectivity index (χ3v) is 2.02. The van der Waals surface area contributed by atoms with Crippen LogP contribution in [0, 0.1) is 11.8 Å². The van der Waals surface area contributed by atoms with Crippen molar-refractivity contribution >= 4 is 5.97 Å². The Labute approximate surface area is 61.6 Å². The molecule has 57 valence electrons. The number of rotatable bonds is 3. The molecule has 10 heavy (non-hydrogen) atoms. The fourth-order valence-electron chi connectivity index (χ4n) is 1.02. The summed E-state index contributed by atoms with van der Waals surface area (Å²) in [5.41, 5.74) is -0.185. The van der Waals surface area contributed by atoms with E-state index >= 15 is 0 Å². The fraction of sp³-hybridized carbons (Fsp3) is 0.750. The molecule has 0 bridgehead atoms. The highest BCUT2D eigenvalue weighted by Gasteiger charge is 2.49. The second-order valence-electron chi connectivity index (χ2n) is 2.67. The Hall–Kier alpha value is -0.530. The lowest BCUT2D eigenvalue weighted by Crippen LogP contribution is -2.18. The summed E-state index contributed by atoms with van der Waals surface area (Å²) < 4.78 is 4.89. The summed E-state index contributed by atoms with van der Waals surface area (Å²) in [5, 5.41) is 0. The molecule has 0 heterocycles. The van der Waals surface area contributed by atoms with Gasteiger partial charge in [0.2, 0.25) is 0 Å². The van der Waals surface area contributed by atoms with Gasteiger partial charge >= 0.3 is 5.97 Å². The molecule has 1 fully saturated rings. The van der Waals surface area contributed by atoms with Crippen molar-refractivity contribution in [2.75, 3.05) is 6.61 Å². The number of carbonyl (C=O) groups excluding carboxylic acids is 1. The zero-order valence-corrected chi connectivity index (χ0v) is 6.52. The Morgan fingerprint density at radius 1 is 1.70 bits per heavy atom. The van der Waals surface area contributed by atoms with Crippen LogP contribution in [0.1, 0.15) is 26.7 Å². The van der Waals surface area contributed by atoms with Crippen molar-refractivity contribution in [3.05, 3.63) is 6.42 Å². The van der Waals surface area contributed by atoms with E-state index in [9.17, 15) is 4.79 Å². The monoisotopic (exact) mass is 141 g/mol. The van der Waals surface area contributed by atoms with E-state index < -0.39 is 0 Å². The van der Waals surface area contributed by atoms with Crippen molar-refractivity contribution in [2.24, 2.45) is 5.41 Å². The molecule has 2 nitrogen and oxygen atoms in total. The second-order valence-corrected chi connectivity index (χ2v) is 2.67. The third kappa shape index (κ3) is 1.15. The van der Waals surface area contributed by atoms with E-state index in [1.165, 1.54) is 0 Å². The van der Waals surface area contributed by atoms with Gasteiger partial charge in [-0.05, 0) is 26.2 Å². The zero-order chi connectivity index (χ0) is 7.61. The largest absolute Gasteiger partial charge is 0.466 e. The van der Waals surface area contributed by atoms with Gasteiger partial charge in [-0.2, -0.15) is 0 Å². The predicted molar refractivity (Wildman–Crippen MR) is 38.3 cm³/mol. The normalized spacial score (nSPS) is 20.2.